The van der Waals surface area contributed by atoms with Gasteiger partial charge in [-0.2, -0.15) is 0 Å². The molecule has 0 aliphatic heterocycles. The highest BCUT2D eigenvalue weighted by Gasteiger charge is 2.70. The van der Waals surface area contributed by atoms with Crippen LogP contribution in [0.1, 0.15) is 113 Å². The zero-order chi connectivity index (χ0) is 28.1. The number of carbonyl (C=O) groups excluding carboxylic acids is 3. The van der Waals surface area contributed by atoms with Gasteiger partial charge in [-0.1, -0.05) is 48.5 Å². The molecule has 4 fully saturated rings. The topological polar surface area (TPSA) is 80.7 Å². The molecule has 0 heterocycles. The summed E-state index contributed by atoms with van der Waals surface area (Å²) in [5.74, 6) is 1.33. The second-order valence-corrected chi connectivity index (χ2v) is 15.4. The molecule has 5 aliphatic carbocycles. The number of carbonyl (C=O) groups is 3. The molecule has 5 nitrogen and oxygen atoms in total. The number of aliphatic hydroxyl groups is 1. The highest BCUT2D eigenvalue weighted by atomic mass is 16.5. The first-order chi connectivity index (χ1) is 17.6. The molecule has 0 amide bonds. The first-order valence-corrected chi connectivity index (χ1v) is 15.2. The Bertz CT molecular complexity index is 1070. The lowest BCUT2D eigenvalue weighted by Crippen LogP contribution is -2.66. The molecule has 0 bridgehead atoms. The lowest BCUT2D eigenvalue weighted by Gasteiger charge is -2.72. The predicted molar refractivity (Wildman–Crippen MR) is 147 cm³/mol. The summed E-state index contributed by atoms with van der Waals surface area (Å²) in [5.41, 5.74) is 1.55. The molecule has 1 N–H and O–H groups in total. The average molecular weight is 527 g/mol. The molecule has 38 heavy (non-hydrogen) atoms. The van der Waals surface area contributed by atoms with E-state index in [4.69, 9.17) is 4.74 Å². The summed E-state index contributed by atoms with van der Waals surface area (Å²) in [6.45, 7) is 17.9. The Morgan fingerprint density at radius 2 is 1.63 bits per heavy atom. The Morgan fingerprint density at radius 3 is 2.24 bits per heavy atom. The van der Waals surface area contributed by atoms with Crippen LogP contribution in [0.4, 0.5) is 0 Å². The zero-order valence-corrected chi connectivity index (χ0v) is 25.0. The van der Waals surface area contributed by atoms with E-state index < -0.39 is 11.5 Å². The number of Topliss-reactive ketones (excluding diaryl/α,β-unsaturated/α-hetero) is 1. The van der Waals surface area contributed by atoms with Crippen molar-refractivity contribution < 1.29 is 24.2 Å². The van der Waals surface area contributed by atoms with Crippen molar-refractivity contribution in [3.05, 3.63) is 11.1 Å². The maximum absolute atomic E-state index is 13.4. The molecule has 0 aromatic carbocycles. The number of aliphatic hydroxyl groups excluding tert-OH is 1. The quantitative estimate of drug-likeness (QED) is 0.336. The minimum Gasteiger partial charge on any atom is -0.462 e. The molecule has 0 radical (unpaired) electrons. The lowest BCUT2D eigenvalue weighted by molar-refractivity contribution is -0.234. The minimum atomic E-state index is -1.11. The molecule has 9 atom stereocenters. The van der Waals surface area contributed by atoms with Crippen molar-refractivity contribution in [2.24, 2.45) is 50.7 Å². The Labute approximate surface area is 229 Å². The molecular formula is C33H50O5. The minimum absolute atomic E-state index is 0.00691. The van der Waals surface area contributed by atoms with Gasteiger partial charge in [-0.15, -0.1) is 0 Å². The largest absolute Gasteiger partial charge is 0.462 e. The van der Waals surface area contributed by atoms with Crippen molar-refractivity contribution in [1.82, 2.24) is 0 Å². The van der Waals surface area contributed by atoms with Crippen LogP contribution in [-0.4, -0.2) is 35.4 Å². The number of esters is 1. The highest BCUT2D eigenvalue weighted by Crippen LogP contribution is 2.77. The van der Waals surface area contributed by atoms with E-state index in [9.17, 15) is 19.5 Å². The molecule has 0 spiro atoms. The number of rotatable bonds is 4. The maximum Gasteiger partial charge on any atom is 0.302 e. The van der Waals surface area contributed by atoms with Crippen LogP contribution in [0.25, 0.3) is 0 Å². The van der Waals surface area contributed by atoms with Gasteiger partial charge < -0.3 is 14.6 Å². The molecule has 5 aliphatic rings. The number of fused-ring (bicyclic) bond motifs is 7. The fourth-order valence-corrected chi connectivity index (χ4v) is 11.6. The van der Waals surface area contributed by atoms with Crippen LogP contribution in [0.15, 0.2) is 11.1 Å². The second kappa shape index (κ2) is 8.75. The third-order valence-corrected chi connectivity index (χ3v) is 13.4. The molecule has 0 saturated heterocycles. The zero-order valence-electron chi connectivity index (χ0n) is 25.0. The molecule has 5 heteroatoms. The second-order valence-electron chi connectivity index (χ2n) is 15.4. The average Bonchev–Trinajstić information content (AvgIpc) is 3.14. The Hall–Kier alpha value is -1.49. The van der Waals surface area contributed by atoms with E-state index in [-0.39, 0.29) is 57.8 Å². The first kappa shape index (κ1) is 28.1. The SMILES string of the molecule is CC(=O)O[C@H]1CC[C@]2(C)[C@H]3CC[C@@H]4C5=C(C(C)C)C(=O)C[C@]5(C(O)C=O)CC[C@@]4(C)[C@]3(C)CC[C@H]2C1(C)C. The number of ether oxygens (including phenoxy) is 1. The van der Waals surface area contributed by atoms with Crippen LogP contribution in [0.2, 0.25) is 0 Å². The van der Waals surface area contributed by atoms with Crippen LogP contribution in [-0.2, 0) is 19.1 Å². The van der Waals surface area contributed by atoms with E-state index >= 15 is 0 Å². The van der Waals surface area contributed by atoms with Crippen LogP contribution >= 0.6 is 0 Å². The van der Waals surface area contributed by atoms with Crippen LogP contribution in [0.5, 0.6) is 0 Å². The Balaban J connectivity index is 1.57. The maximum atomic E-state index is 13.4. The van der Waals surface area contributed by atoms with Crippen molar-refractivity contribution >= 4 is 18.0 Å². The van der Waals surface area contributed by atoms with Gasteiger partial charge in [0.25, 0.3) is 0 Å². The van der Waals surface area contributed by atoms with Gasteiger partial charge in [0.2, 0.25) is 0 Å². The summed E-state index contributed by atoms with van der Waals surface area (Å²) in [6, 6.07) is 0. The van der Waals surface area contributed by atoms with Crippen molar-refractivity contribution in [3.63, 3.8) is 0 Å². The van der Waals surface area contributed by atoms with Crippen LogP contribution in [0, 0.1) is 50.7 Å². The van der Waals surface area contributed by atoms with Crippen molar-refractivity contribution in [3.8, 4) is 0 Å². The van der Waals surface area contributed by atoms with Crippen molar-refractivity contribution in [2.45, 2.75) is 125 Å². The van der Waals surface area contributed by atoms with Gasteiger partial charge in [0.15, 0.2) is 5.78 Å². The van der Waals surface area contributed by atoms with E-state index in [0.717, 1.165) is 56.1 Å². The smallest absolute Gasteiger partial charge is 0.302 e. The number of ketones is 1. The number of allylic oxidation sites excluding steroid dienone is 1. The first-order valence-electron chi connectivity index (χ1n) is 15.2. The Morgan fingerprint density at radius 1 is 0.947 bits per heavy atom. The molecule has 0 aromatic rings. The molecule has 1 unspecified atom stereocenters. The number of hydrogen-bond donors (Lipinski definition) is 1. The van der Waals surface area contributed by atoms with E-state index in [1.54, 1.807) is 0 Å². The van der Waals surface area contributed by atoms with E-state index in [1.165, 1.54) is 6.92 Å². The summed E-state index contributed by atoms with van der Waals surface area (Å²) >= 11 is 0. The third kappa shape index (κ3) is 3.42. The van der Waals surface area contributed by atoms with Crippen LogP contribution in [0.3, 0.4) is 0 Å². The fraction of sp³-hybridized carbons (Fsp3) is 0.848. The molecule has 212 valence electrons. The van der Waals surface area contributed by atoms with Gasteiger partial charge >= 0.3 is 5.97 Å². The van der Waals surface area contributed by atoms with E-state index in [0.29, 0.717) is 24.5 Å². The predicted octanol–water partition coefficient (Wildman–Crippen LogP) is 6.46. The monoisotopic (exact) mass is 526 g/mol. The van der Waals surface area contributed by atoms with Gasteiger partial charge in [-0.05, 0) is 102 Å². The van der Waals surface area contributed by atoms with Gasteiger partial charge in [-0.3, -0.25) is 9.59 Å². The molecule has 5 rings (SSSR count). The Kier molecular flexibility index (Phi) is 6.46. The lowest BCUT2D eigenvalue weighted by atomic mass is 9.33. The fourth-order valence-electron chi connectivity index (χ4n) is 11.6. The summed E-state index contributed by atoms with van der Waals surface area (Å²) in [7, 11) is 0. The summed E-state index contributed by atoms with van der Waals surface area (Å²) in [4.78, 5) is 37.4. The number of aldehydes is 1. The van der Waals surface area contributed by atoms with Crippen LogP contribution < -0.4 is 0 Å². The molecular weight excluding hydrogens is 476 g/mol. The molecule has 4 saturated carbocycles. The van der Waals surface area contributed by atoms with E-state index in [2.05, 4.69) is 48.5 Å². The standard InChI is InChI=1S/C33H50O5/c1-19(2)27-22(36)17-33(25(37)18-34)16-15-31(7)21(28(27)33)9-10-24-30(6)13-12-26(38-20(3)35)29(4,5)23(30)11-14-32(24,31)8/h18-19,21,23-26,37H,9-17H2,1-8H3/t21-,23+,24-,25?,26+,30+,31-,32-,33+/m1/s1. The van der Waals surface area contributed by atoms with E-state index in [1.807, 2.05) is 0 Å². The summed E-state index contributed by atoms with van der Waals surface area (Å²) < 4.78 is 5.87. The van der Waals surface area contributed by atoms with Crippen molar-refractivity contribution in [1.29, 1.82) is 0 Å². The van der Waals surface area contributed by atoms with Gasteiger partial charge in [0.1, 0.15) is 18.5 Å². The van der Waals surface area contributed by atoms with Gasteiger partial charge in [0, 0.05) is 24.2 Å². The van der Waals surface area contributed by atoms with Gasteiger partial charge in [0.05, 0.1) is 0 Å². The summed E-state index contributed by atoms with van der Waals surface area (Å²) in [5, 5.41) is 11.1. The third-order valence-electron chi connectivity index (χ3n) is 13.4. The number of hydrogen-bond acceptors (Lipinski definition) is 5. The van der Waals surface area contributed by atoms with Gasteiger partial charge in [-0.25, -0.2) is 0 Å². The highest BCUT2D eigenvalue weighted by molar-refractivity contribution is 6.01. The van der Waals surface area contributed by atoms with Crippen molar-refractivity contribution in [2.75, 3.05) is 0 Å². The summed E-state index contributed by atoms with van der Waals surface area (Å²) in [6.07, 6.45) is 7.83. The normalized spacial score (nSPS) is 46.5. The molecule has 0 aromatic heterocycles.